The van der Waals surface area contributed by atoms with Crippen LogP contribution in [-0.4, -0.2) is 23.1 Å². The molecule has 0 aliphatic carbocycles. The highest BCUT2D eigenvalue weighted by Gasteiger charge is 2.32. The fourth-order valence-electron chi connectivity index (χ4n) is 4.34. The van der Waals surface area contributed by atoms with E-state index in [0.717, 1.165) is 11.1 Å². The van der Waals surface area contributed by atoms with Gasteiger partial charge in [0.15, 0.2) is 11.6 Å². The molecule has 0 radical (unpaired) electrons. The highest BCUT2D eigenvalue weighted by Crippen LogP contribution is 2.34. The van der Waals surface area contributed by atoms with Crippen molar-refractivity contribution >= 4 is 23.3 Å². The smallest absolute Gasteiger partial charge is 0.193 e. The molecule has 0 amide bonds. The lowest BCUT2D eigenvalue weighted by Gasteiger charge is -2.26. The van der Waals surface area contributed by atoms with Crippen molar-refractivity contribution in [2.75, 3.05) is 11.5 Å². The molecule has 2 atom stereocenters. The van der Waals surface area contributed by atoms with Crippen molar-refractivity contribution in [1.29, 1.82) is 10.5 Å². The van der Waals surface area contributed by atoms with E-state index in [0.29, 0.717) is 33.8 Å². The number of thioether (sulfide) groups is 1. The molecule has 4 nitrogen and oxygen atoms in total. The van der Waals surface area contributed by atoms with Crippen LogP contribution in [0, 0.1) is 22.7 Å². The van der Waals surface area contributed by atoms with Crippen molar-refractivity contribution in [2.24, 2.45) is 0 Å². The second-order valence-corrected chi connectivity index (χ2v) is 10.9. The van der Waals surface area contributed by atoms with Gasteiger partial charge in [0.1, 0.15) is 0 Å². The molecule has 4 rings (SSSR count). The van der Waals surface area contributed by atoms with Gasteiger partial charge in [0.05, 0.1) is 23.0 Å². The first-order chi connectivity index (χ1) is 18.8. The lowest BCUT2D eigenvalue weighted by molar-refractivity contribution is 0.103. The second-order valence-electron chi connectivity index (χ2n) is 9.93. The number of carbonyl (C=O) groups is 2. The van der Waals surface area contributed by atoms with Crippen LogP contribution in [-0.2, 0) is 10.8 Å². The Labute approximate surface area is 233 Å². The van der Waals surface area contributed by atoms with E-state index >= 15 is 0 Å². The highest BCUT2D eigenvalue weighted by atomic mass is 32.2. The fourth-order valence-corrected chi connectivity index (χ4v) is 5.72. The van der Waals surface area contributed by atoms with Crippen molar-refractivity contribution in [1.82, 2.24) is 0 Å². The molecule has 0 saturated carbocycles. The number of nitrogens with zero attached hydrogens (tertiary/aromatic N) is 2. The summed E-state index contributed by atoms with van der Waals surface area (Å²) in [5.74, 6) is 0.693. The zero-order valence-electron chi connectivity index (χ0n) is 21.9. The normalized spacial score (nSPS) is 13.7. The Balaban J connectivity index is 1.50. The molecule has 5 heteroatoms. The summed E-state index contributed by atoms with van der Waals surface area (Å²) in [5.41, 5.74) is 2.06. The van der Waals surface area contributed by atoms with Crippen molar-refractivity contribution in [2.45, 2.75) is 24.7 Å². The van der Waals surface area contributed by atoms with Crippen molar-refractivity contribution in [3.63, 3.8) is 0 Å². The van der Waals surface area contributed by atoms with Gasteiger partial charge in [-0.05, 0) is 37.1 Å². The zero-order valence-corrected chi connectivity index (χ0v) is 22.7. The number of rotatable bonds is 10. The Morgan fingerprint density at radius 2 is 0.949 bits per heavy atom. The molecule has 4 aromatic carbocycles. The third-order valence-corrected chi connectivity index (χ3v) is 8.43. The first-order valence-electron chi connectivity index (χ1n) is 12.6. The summed E-state index contributed by atoms with van der Waals surface area (Å²) in [5, 5.41) is 20.3. The number of ketones is 2. The predicted octanol–water partition coefficient (Wildman–Crippen LogP) is 7.14. The molecule has 0 aromatic heterocycles. The van der Waals surface area contributed by atoms with E-state index in [1.165, 1.54) is 11.8 Å². The molecule has 0 aliphatic heterocycles. The Bertz CT molecular complexity index is 1450. The van der Waals surface area contributed by atoms with Gasteiger partial charge >= 0.3 is 0 Å². The minimum Gasteiger partial charge on any atom is -0.289 e. The molecule has 0 spiro atoms. The summed E-state index contributed by atoms with van der Waals surface area (Å²) >= 11 is 1.51. The Morgan fingerprint density at radius 1 is 0.590 bits per heavy atom. The minimum absolute atomic E-state index is 0.0904. The molecule has 0 N–H and O–H groups in total. The van der Waals surface area contributed by atoms with Crippen LogP contribution in [0.5, 0.6) is 0 Å². The number of carbonyl (C=O) groups excluding carboxylic acids is 2. The highest BCUT2D eigenvalue weighted by molar-refractivity contribution is 7.99. The van der Waals surface area contributed by atoms with Crippen molar-refractivity contribution in [3.05, 3.63) is 143 Å². The molecular weight excluding hydrogens is 500 g/mol. The first kappa shape index (κ1) is 27.6. The van der Waals surface area contributed by atoms with Crippen LogP contribution in [0.2, 0.25) is 0 Å². The van der Waals surface area contributed by atoms with E-state index in [1.54, 1.807) is 60.7 Å². The molecule has 0 heterocycles. The lowest BCUT2D eigenvalue weighted by Crippen LogP contribution is -2.28. The van der Waals surface area contributed by atoms with Crippen molar-refractivity contribution in [3.8, 4) is 12.1 Å². The van der Waals surface area contributed by atoms with Crippen LogP contribution in [0.4, 0.5) is 0 Å². The third-order valence-electron chi connectivity index (χ3n) is 6.87. The molecule has 39 heavy (non-hydrogen) atoms. The van der Waals surface area contributed by atoms with E-state index in [9.17, 15) is 20.1 Å². The maximum atomic E-state index is 13.0. The summed E-state index contributed by atoms with van der Waals surface area (Å²) in [7, 11) is 0. The monoisotopic (exact) mass is 528 g/mol. The molecule has 0 aliphatic rings. The molecule has 0 fully saturated rings. The van der Waals surface area contributed by atoms with Crippen LogP contribution >= 0.6 is 11.8 Å². The number of hydrogen-bond donors (Lipinski definition) is 0. The molecule has 4 aromatic rings. The number of benzene rings is 4. The van der Waals surface area contributed by atoms with Gasteiger partial charge in [-0.15, -0.1) is 0 Å². The maximum Gasteiger partial charge on any atom is 0.193 e. The average Bonchev–Trinajstić information content (AvgIpc) is 3.01. The largest absolute Gasteiger partial charge is 0.289 e. The Morgan fingerprint density at radius 3 is 1.31 bits per heavy atom. The van der Waals surface area contributed by atoms with Gasteiger partial charge in [0.2, 0.25) is 0 Å². The molecule has 0 bridgehead atoms. The Hall–Kier alpha value is -4.45. The summed E-state index contributed by atoms with van der Waals surface area (Å²) in [6, 6.07) is 37.5. The van der Waals surface area contributed by atoms with Crippen LogP contribution in [0.15, 0.2) is 109 Å². The fraction of sp³-hybridized carbons (Fsp3) is 0.176. The second kappa shape index (κ2) is 11.9. The standard InChI is InChI=1S/C34H28N2O2S/c1-33(21-35,29-17-9-15-27(19-29)31(37)25-11-5-3-6-12-25)23-39-24-34(2,22-36)30-18-10-16-28(20-30)32(38)26-13-7-4-8-14-26/h3-20H,23-24H2,1-2H3. The van der Waals surface area contributed by atoms with Gasteiger partial charge < -0.3 is 0 Å². The molecular formula is C34H28N2O2S. The third kappa shape index (κ3) is 6.17. The van der Waals surface area contributed by atoms with Crippen LogP contribution in [0.1, 0.15) is 56.8 Å². The topological polar surface area (TPSA) is 81.7 Å². The average molecular weight is 529 g/mol. The maximum absolute atomic E-state index is 13.0. The molecule has 192 valence electrons. The van der Waals surface area contributed by atoms with Crippen LogP contribution < -0.4 is 0 Å². The van der Waals surface area contributed by atoms with Gasteiger partial charge in [0.25, 0.3) is 0 Å². The van der Waals surface area contributed by atoms with E-state index in [2.05, 4.69) is 12.1 Å². The Kier molecular flexibility index (Phi) is 8.45. The van der Waals surface area contributed by atoms with Crippen LogP contribution in [0.3, 0.4) is 0 Å². The predicted molar refractivity (Wildman–Crippen MR) is 156 cm³/mol. The summed E-state index contributed by atoms with van der Waals surface area (Å²) < 4.78 is 0. The first-order valence-corrected chi connectivity index (χ1v) is 13.8. The van der Waals surface area contributed by atoms with Gasteiger partial charge in [-0.2, -0.15) is 22.3 Å². The summed E-state index contributed by atoms with van der Waals surface area (Å²) in [4.78, 5) is 25.9. The van der Waals surface area contributed by atoms with E-state index in [4.69, 9.17) is 0 Å². The van der Waals surface area contributed by atoms with E-state index in [-0.39, 0.29) is 11.6 Å². The van der Waals surface area contributed by atoms with E-state index in [1.807, 2.05) is 62.4 Å². The van der Waals surface area contributed by atoms with Gasteiger partial charge in [0, 0.05) is 33.8 Å². The number of nitriles is 2. The van der Waals surface area contributed by atoms with Gasteiger partial charge in [-0.3, -0.25) is 9.59 Å². The van der Waals surface area contributed by atoms with Gasteiger partial charge in [-0.25, -0.2) is 0 Å². The molecule has 2 unspecified atom stereocenters. The number of hydrogen-bond acceptors (Lipinski definition) is 5. The summed E-state index contributed by atoms with van der Waals surface area (Å²) in [6.07, 6.45) is 0. The van der Waals surface area contributed by atoms with Crippen molar-refractivity contribution < 1.29 is 9.59 Å². The van der Waals surface area contributed by atoms with Gasteiger partial charge in [-0.1, -0.05) is 97.1 Å². The van der Waals surface area contributed by atoms with Crippen LogP contribution in [0.25, 0.3) is 0 Å². The lowest BCUT2D eigenvalue weighted by atomic mass is 9.84. The zero-order chi connectivity index (χ0) is 27.9. The minimum atomic E-state index is -0.862. The quantitative estimate of drug-likeness (QED) is 0.204. The SMILES string of the molecule is CC(C#N)(CSCC(C)(C#N)c1cccc(C(=O)c2ccccc2)c1)c1cccc(C(=O)c2ccccc2)c1. The van der Waals surface area contributed by atoms with E-state index < -0.39 is 10.8 Å². The summed E-state index contributed by atoms with van der Waals surface area (Å²) in [6.45, 7) is 3.71. The molecule has 0 saturated heterocycles.